The monoisotopic (exact) mass is 460 g/mol. The maximum absolute atomic E-state index is 12.8. The number of piperazine rings is 1. The van der Waals surface area contributed by atoms with Crippen LogP contribution in [0.15, 0.2) is 22.7 Å². The molecule has 1 aromatic rings. The molecule has 0 aliphatic carbocycles. The number of alkyl halides is 1. The molecule has 1 N–H and O–H groups in total. The van der Waals surface area contributed by atoms with Crippen molar-refractivity contribution in [2.45, 2.75) is 38.8 Å². The van der Waals surface area contributed by atoms with E-state index >= 15 is 0 Å². The highest BCUT2D eigenvalue weighted by atomic mass is 79.9. The van der Waals surface area contributed by atoms with Gasteiger partial charge in [-0.3, -0.25) is 9.69 Å². The van der Waals surface area contributed by atoms with Crippen LogP contribution in [-0.4, -0.2) is 66.6 Å². The minimum Gasteiger partial charge on any atom is -0.491 e. The van der Waals surface area contributed by atoms with E-state index in [-0.39, 0.29) is 32.2 Å². The highest BCUT2D eigenvalue weighted by molar-refractivity contribution is 9.10. The highest BCUT2D eigenvalue weighted by Crippen LogP contribution is 2.30. The molecule has 1 aliphatic heterocycles. The molecule has 1 aliphatic rings. The van der Waals surface area contributed by atoms with Crippen LogP contribution in [0.2, 0.25) is 0 Å². The lowest BCUT2D eigenvalue weighted by molar-refractivity contribution is -0.122. The first kappa shape index (κ1) is 22.4. The van der Waals surface area contributed by atoms with Gasteiger partial charge in [-0.15, -0.1) is 0 Å². The number of anilines is 1. The summed E-state index contributed by atoms with van der Waals surface area (Å²) in [5.41, 5.74) is -0.117. The molecule has 1 aromatic carbocycles. The normalized spacial score (nSPS) is 17.6. The number of benzene rings is 1. The predicted molar refractivity (Wildman–Crippen MR) is 106 cm³/mol. The van der Waals surface area contributed by atoms with Crippen molar-refractivity contribution >= 4 is 33.6 Å². The van der Waals surface area contributed by atoms with Gasteiger partial charge in [0.1, 0.15) is 31.2 Å². The van der Waals surface area contributed by atoms with E-state index in [1.165, 1.54) is 9.80 Å². The summed E-state index contributed by atoms with van der Waals surface area (Å²) in [6.45, 7) is 4.48. The molecule has 0 unspecified atom stereocenters. The summed E-state index contributed by atoms with van der Waals surface area (Å²) in [5, 5.41) is 9.41. The largest absolute Gasteiger partial charge is 0.491 e. The molecule has 0 aromatic heterocycles. The number of nitrogens with zero attached hydrogens (tertiary/aromatic N) is 2. The maximum atomic E-state index is 12.8. The van der Waals surface area contributed by atoms with Gasteiger partial charge in [0.2, 0.25) is 5.91 Å². The van der Waals surface area contributed by atoms with Crippen LogP contribution in [0.25, 0.3) is 0 Å². The first-order valence-electron chi connectivity index (χ1n) is 9.05. The van der Waals surface area contributed by atoms with Gasteiger partial charge in [0.15, 0.2) is 0 Å². The number of aliphatic hydroxyl groups is 1. The SMILES string of the molecule is CC(C)(C)OC(=O)N1CC(=O)N(c2cc(Br)cc(OCCF)c2)C[C@@H]1CCO. The lowest BCUT2D eigenvalue weighted by Crippen LogP contribution is -2.59. The summed E-state index contributed by atoms with van der Waals surface area (Å²) in [6, 6.07) is 4.69. The second kappa shape index (κ2) is 9.56. The van der Waals surface area contributed by atoms with Gasteiger partial charge < -0.3 is 19.5 Å². The Balaban J connectivity index is 2.24. The van der Waals surface area contributed by atoms with Gasteiger partial charge in [-0.2, -0.15) is 0 Å². The average Bonchev–Trinajstić information content (AvgIpc) is 2.59. The molecular formula is C19H26BrFN2O5. The predicted octanol–water partition coefficient (Wildman–Crippen LogP) is 3.13. The number of amides is 2. The molecule has 0 radical (unpaired) electrons. The van der Waals surface area contributed by atoms with Crippen LogP contribution in [0.4, 0.5) is 14.9 Å². The molecule has 28 heavy (non-hydrogen) atoms. The number of halogens is 2. The van der Waals surface area contributed by atoms with Crippen LogP contribution < -0.4 is 9.64 Å². The van der Waals surface area contributed by atoms with E-state index in [2.05, 4.69) is 15.9 Å². The number of aliphatic hydroxyl groups excluding tert-OH is 1. The Morgan fingerprint density at radius 1 is 1.36 bits per heavy atom. The lowest BCUT2D eigenvalue weighted by Gasteiger charge is -2.41. The zero-order chi connectivity index (χ0) is 20.9. The molecule has 1 atom stereocenters. The summed E-state index contributed by atoms with van der Waals surface area (Å²) >= 11 is 3.37. The van der Waals surface area contributed by atoms with Crippen molar-refractivity contribution in [3.05, 3.63) is 22.7 Å². The number of carbonyl (C=O) groups excluding carboxylic acids is 2. The molecule has 1 fully saturated rings. The van der Waals surface area contributed by atoms with Gasteiger partial charge in [-0.25, -0.2) is 9.18 Å². The molecule has 156 valence electrons. The van der Waals surface area contributed by atoms with E-state index < -0.39 is 24.4 Å². The van der Waals surface area contributed by atoms with E-state index in [0.717, 1.165) is 0 Å². The van der Waals surface area contributed by atoms with Crippen molar-refractivity contribution in [1.82, 2.24) is 4.90 Å². The molecule has 7 nitrogen and oxygen atoms in total. The van der Waals surface area contributed by atoms with Crippen LogP contribution in [0.1, 0.15) is 27.2 Å². The maximum Gasteiger partial charge on any atom is 0.411 e. The van der Waals surface area contributed by atoms with Gasteiger partial charge in [-0.05, 0) is 39.3 Å². The Labute approximate surface area is 172 Å². The molecule has 2 amide bonds. The third-order valence-corrected chi connectivity index (χ3v) is 4.50. The number of ether oxygens (including phenoxy) is 2. The fourth-order valence-electron chi connectivity index (χ4n) is 2.89. The van der Waals surface area contributed by atoms with Crippen molar-refractivity contribution in [1.29, 1.82) is 0 Å². The van der Waals surface area contributed by atoms with Gasteiger partial charge in [-0.1, -0.05) is 15.9 Å². The third-order valence-electron chi connectivity index (χ3n) is 4.04. The zero-order valence-corrected chi connectivity index (χ0v) is 17.9. The summed E-state index contributed by atoms with van der Waals surface area (Å²) in [4.78, 5) is 28.2. The van der Waals surface area contributed by atoms with E-state index in [4.69, 9.17) is 9.47 Å². The topological polar surface area (TPSA) is 79.3 Å². The minimum absolute atomic E-state index is 0.0800. The van der Waals surface area contributed by atoms with Crippen molar-refractivity contribution < 1.29 is 28.6 Å². The van der Waals surface area contributed by atoms with E-state index in [0.29, 0.717) is 22.3 Å². The van der Waals surface area contributed by atoms with E-state index in [9.17, 15) is 19.1 Å². The minimum atomic E-state index is -0.687. The van der Waals surface area contributed by atoms with Crippen LogP contribution in [0.5, 0.6) is 5.75 Å². The standard InChI is InChI=1S/C19H26BrFN2O5/c1-19(2,3)28-18(26)23-12-17(25)22(11-14(23)4-6-24)15-8-13(20)9-16(10-15)27-7-5-21/h8-10,14,24H,4-7,11-12H2,1-3H3/t14-/m0/s1. The van der Waals surface area contributed by atoms with Gasteiger partial charge in [0.25, 0.3) is 0 Å². The first-order valence-corrected chi connectivity index (χ1v) is 9.84. The number of hydrogen-bond acceptors (Lipinski definition) is 5. The second-order valence-electron chi connectivity index (χ2n) is 7.46. The molecule has 9 heteroatoms. The fraction of sp³-hybridized carbons (Fsp3) is 0.579. The third kappa shape index (κ3) is 6.07. The Morgan fingerprint density at radius 2 is 2.07 bits per heavy atom. The van der Waals surface area contributed by atoms with Crippen LogP contribution in [0, 0.1) is 0 Å². The zero-order valence-electron chi connectivity index (χ0n) is 16.3. The van der Waals surface area contributed by atoms with E-state index in [1.807, 2.05) is 0 Å². The van der Waals surface area contributed by atoms with Gasteiger partial charge in [0.05, 0.1) is 6.04 Å². The summed E-state index contributed by atoms with van der Waals surface area (Å²) in [5.74, 6) is 0.151. The fourth-order valence-corrected chi connectivity index (χ4v) is 3.35. The molecule has 0 spiro atoms. The summed E-state index contributed by atoms with van der Waals surface area (Å²) < 4.78 is 23.8. The van der Waals surface area contributed by atoms with Crippen molar-refractivity contribution in [2.75, 3.05) is 37.9 Å². The lowest BCUT2D eigenvalue weighted by atomic mass is 10.1. The molecule has 0 bridgehead atoms. The van der Waals surface area contributed by atoms with Gasteiger partial charge in [0, 0.05) is 29.4 Å². The molecular weight excluding hydrogens is 435 g/mol. The first-order chi connectivity index (χ1) is 13.1. The van der Waals surface area contributed by atoms with Crippen LogP contribution >= 0.6 is 15.9 Å². The summed E-state index contributed by atoms with van der Waals surface area (Å²) in [6.07, 6.45) is -0.275. The molecule has 0 saturated carbocycles. The van der Waals surface area contributed by atoms with Crippen molar-refractivity contribution in [3.8, 4) is 5.75 Å². The number of hydrogen-bond donors (Lipinski definition) is 1. The second-order valence-corrected chi connectivity index (χ2v) is 8.38. The number of carbonyl (C=O) groups is 2. The smallest absolute Gasteiger partial charge is 0.411 e. The van der Waals surface area contributed by atoms with Gasteiger partial charge >= 0.3 is 6.09 Å². The van der Waals surface area contributed by atoms with Crippen LogP contribution in [0.3, 0.4) is 0 Å². The Bertz CT molecular complexity index is 710. The van der Waals surface area contributed by atoms with Crippen molar-refractivity contribution in [2.24, 2.45) is 0 Å². The average molecular weight is 461 g/mol. The number of rotatable bonds is 6. The van der Waals surface area contributed by atoms with E-state index in [1.54, 1.807) is 39.0 Å². The molecule has 1 saturated heterocycles. The van der Waals surface area contributed by atoms with Crippen LogP contribution in [-0.2, 0) is 9.53 Å². The Kier molecular flexibility index (Phi) is 7.65. The summed E-state index contributed by atoms with van der Waals surface area (Å²) in [7, 11) is 0. The quantitative estimate of drug-likeness (QED) is 0.705. The van der Waals surface area contributed by atoms with Crippen molar-refractivity contribution in [3.63, 3.8) is 0 Å². The highest BCUT2D eigenvalue weighted by Gasteiger charge is 2.37. The molecule has 1 heterocycles. The Morgan fingerprint density at radius 3 is 2.68 bits per heavy atom. The Hall–Kier alpha value is -1.87. The molecule has 2 rings (SSSR count).